The van der Waals surface area contributed by atoms with E-state index in [0.717, 1.165) is 10.6 Å². The molecular formula is C18H27NO3S2. The number of rotatable bonds is 2. The Hall–Kier alpha value is -1.14. The van der Waals surface area contributed by atoms with Crippen molar-refractivity contribution in [2.75, 3.05) is 6.26 Å². The molecular weight excluding hydrogens is 342 g/mol. The molecule has 0 saturated heterocycles. The van der Waals surface area contributed by atoms with Gasteiger partial charge in [0.2, 0.25) is 0 Å². The van der Waals surface area contributed by atoms with Crippen molar-refractivity contribution in [2.24, 2.45) is 5.41 Å². The molecule has 0 saturated carbocycles. The van der Waals surface area contributed by atoms with E-state index < -0.39 is 20.1 Å². The number of para-hydroxylation sites is 1. The third-order valence-corrected chi connectivity index (χ3v) is 7.55. The number of sulfone groups is 1. The van der Waals surface area contributed by atoms with Crippen LogP contribution >= 0.6 is 11.8 Å². The van der Waals surface area contributed by atoms with Crippen molar-refractivity contribution < 1.29 is 13.5 Å². The van der Waals surface area contributed by atoms with Gasteiger partial charge in [-0.25, -0.2) is 8.42 Å². The summed E-state index contributed by atoms with van der Waals surface area (Å²) in [5, 5.41) is 10.4. The summed E-state index contributed by atoms with van der Waals surface area (Å²) in [5.41, 5.74) is 0.848. The highest BCUT2D eigenvalue weighted by molar-refractivity contribution is 8.15. The van der Waals surface area contributed by atoms with Crippen LogP contribution in [0.3, 0.4) is 0 Å². The summed E-state index contributed by atoms with van der Waals surface area (Å²) in [5.74, 6) is 0.165. The van der Waals surface area contributed by atoms with Gasteiger partial charge in [0.05, 0.1) is 5.70 Å². The largest absolute Gasteiger partial charge is 0.507 e. The molecule has 0 aromatic heterocycles. The van der Waals surface area contributed by atoms with E-state index in [1.54, 1.807) is 12.1 Å². The van der Waals surface area contributed by atoms with E-state index in [1.807, 2.05) is 37.8 Å². The Bertz CT molecular complexity index is 768. The molecule has 1 N–H and O–H groups in total. The van der Waals surface area contributed by atoms with E-state index in [1.165, 1.54) is 18.0 Å². The number of thioether (sulfide) groups is 1. The minimum atomic E-state index is -3.32. The van der Waals surface area contributed by atoms with Crippen LogP contribution in [0, 0.1) is 5.41 Å². The first-order chi connectivity index (χ1) is 10.7. The summed E-state index contributed by atoms with van der Waals surface area (Å²) in [6.45, 7) is 12.2. The number of allylic oxidation sites excluding steroid dienone is 1. The van der Waals surface area contributed by atoms with Crippen molar-refractivity contribution in [3.63, 3.8) is 0 Å². The second-order valence-corrected chi connectivity index (χ2v) is 11.7. The van der Waals surface area contributed by atoms with Gasteiger partial charge in [0.15, 0.2) is 14.5 Å². The van der Waals surface area contributed by atoms with E-state index >= 15 is 0 Å². The zero-order chi connectivity index (χ0) is 18.5. The Morgan fingerprint density at radius 2 is 1.62 bits per heavy atom. The van der Waals surface area contributed by atoms with Gasteiger partial charge in [0.25, 0.3) is 0 Å². The summed E-state index contributed by atoms with van der Waals surface area (Å²) in [6.07, 6.45) is 1.28. The van der Waals surface area contributed by atoms with Crippen LogP contribution in [0.4, 0.5) is 0 Å². The maximum atomic E-state index is 12.5. The molecule has 1 aromatic rings. The Labute approximate surface area is 149 Å². The molecule has 0 amide bonds. The third-order valence-electron chi connectivity index (χ3n) is 3.81. The van der Waals surface area contributed by atoms with Crippen LogP contribution in [0.5, 0.6) is 5.75 Å². The van der Waals surface area contributed by atoms with Crippen molar-refractivity contribution in [3.05, 3.63) is 34.7 Å². The van der Waals surface area contributed by atoms with Gasteiger partial charge in [0.1, 0.15) is 5.75 Å². The van der Waals surface area contributed by atoms with Gasteiger partial charge in [-0.3, -0.25) is 0 Å². The number of nitrogens with zero attached hydrogens (tertiary/aromatic N) is 1. The summed E-state index contributed by atoms with van der Waals surface area (Å²) in [4.78, 5) is 2.91. The first kappa shape index (κ1) is 19.2. The Balaban J connectivity index is 2.81. The van der Waals surface area contributed by atoms with Crippen LogP contribution in [-0.4, -0.2) is 34.9 Å². The predicted octanol–water partition coefficient (Wildman–Crippen LogP) is 4.28. The van der Waals surface area contributed by atoms with Gasteiger partial charge >= 0.3 is 0 Å². The summed E-state index contributed by atoms with van der Waals surface area (Å²) >= 11 is 1.38. The van der Waals surface area contributed by atoms with Gasteiger partial charge in [-0.15, -0.1) is 0 Å². The van der Waals surface area contributed by atoms with Crippen molar-refractivity contribution in [1.29, 1.82) is 0 Å². The van der Waals surface area contributed by atoms with Crippen LogP contribution in [0.1, 0.15) is 47.1 Å². The molecule has 0 radical (unpaired) electrons. The third kappa shape index (κ3) is 3.59. The van der Waals surface area contributed by atoms with Crippen LogP contribution in [-0.2, 0) is 9.84 Å². The van der Waals surface area contributed by atoms with E-state index in [2.05, 4.69) is 20.8 Å². The second-order valence-electron chi connectivity index (χ2n) is 8.24. The molecule has 0 aliphatic carbocycles. The first-order valence-corrected chi connectivity index (χ1v) is 10.8. The van der Waals surface area contributed by atoms with Crippen molar-refractivity contribution in [3.8, 4) is 5.75 Å². The molecule has 2 rings (SSSR count). The number of phenolic OH excluding ortho intramolecular Hbond substituents is 1. The summed E-state index contributed by atoms with van der Waals surface area (Å²) < 4.78 is 24.3. The number of hydrogen-bond donors (Lipinski definition) is 1. The van der Waals surface area contributed by atoms with Crippen molar-refractivity contribution in [1.82, 2.24) is 4.90 Å². The molecule has 1 aromatic carbocycles. The highest BCUT2D eigenvalue weighted by atomic mass is 32.3. The molecule has 0 bridgehead atoms. The van der Waals surface area contributed by atoms with Crippen LogP contribution in [0.2, 0.25) is 0 Å². The zero-order valence-electron chi connectivity index (χ0n) is 15.4. The quantitative estimate of drug-likeness (QED) is 0.843. The van der Waals surface area contributed by atoms with Crippen LogP contribution in [0.25, 0.3) is 5.70 Å². The second kappa shape index (κ2) is 5.99. The smallest absolute Gasteiger partial charge is 0.183 e. The Kier molecular flexibility index (Phi) is 4.79. The number of aromatic hydroxyl groups is 1. The minimum absolute atomic E-state index is 0.165. The van der Waals surface area contributed by atoms with Gasteiger partial charge in [-0.2, -0.15) is 0 Å². The summed E-state index contributed by atoms with van der Waals surface area (Å²) in [6, 6.07) is 7.12. The highest BCUT2D eigenvalue weighted by Gasteiger charge is 2.47. The monoisotopic (exact) mass is 369 g/mol. The van der Waals surface area contributed by atoms with Gasteiger partial charge in [-0.05, 0) is 38.3 Å². The maximum absolute atomic E-state index is 12.5. The van der Waals surface area contributed by atoms with Crippen LogP contribution < -0.4 is 0 Å². The lowest BCUT2D eigenvalue weighted by Crippen LogP contribution is -2.46. The number of benzene rings is 1. The fourth-order valence-electron chi connectivity index (χ4n) is 2.81. The predicted molar refractivity (Wildman–Crippen MR) is 102 cm³/mol. The van der Waals surface area contributed by atoms with Gasteiger partial charge in [-0.1, -0.05) is 44.7 Å². The molecule has 0 spiro atoms. The minimum Gasteiger partial charge on any atom is -0.507 e. The summed E-state index contributed by atoms with van der Waals surface area (Å²) in [7, 11) is -3.32. The van der Waals surface area contributed by atoms with Crippen LogP contribution in [0.15, 0.2) is 29.2 Å². The lowest BCUT2D eigenvalue weighted by atomic mass is 9.91. The average molecular weight is 370 g/mol. The zero-order valence-corrected chi connectivity index (χ0v) is 17.0. The number of hydrogen-bond acceptors (Lipinski definition) is 5. The lowest BCUT2D eigenvalue weighted by molar-refractivity contribution is 0.239. The molecule has 1 unspecified atom stereocenters. The molecule has 1 aliphatic rings. The molecule has 0 fully saturated rings. The fraction of sp³-hybridized carbons (Fsp3) is 0.556. The van der Waals surface area contributed by atoms with E-state index in [-0.39, 0.29) is 11.2 Å². The topological polar surface area (TPSA) is 57.6 Å². The Morgan fingerprint density at radius 3 is 2.04 bits per heavy atom. The standard InChI is InChI=1S/C18H27NO3S2/c1-17(2,3)15-14(12-10-8-9-11-13(12)20)19(18(4,5)6)16(23-15)24(7,21)22/h8-11,16,20H,1-7H3. The van der Waals surface area contributed by atoms with Gasteiger partial charge in [0, 0.05) is 22.3 Å². The van der Waals surface area contributed by atoms with E-state index in [4.69, 9.17) is 0 Å². The SMILES string of the molecule is CC(C)(C)C1=C(c2ccccc2O)N(C(C)(C)C)C(S(C)(=O)=O)S1. The molecule has 1 atom stereocenters. The normalized spacial score (nSPS) is 20.0. The van der Waals surface area contributed by atoms with Crippen molar-refractivity contribution in [2.45, 2.75) is 51.8 Å². The van der Waals surface area contributed by atoms with Crippen molar-refractivity contribution >= 4 is 27.3 Å². The highest BCUT2D eigenvalue weighted by Crippen LogP contribution is 2.55. The molecule has 24 heavy (non-hydrogen) atoms. The molecule has 134 valence electrons. The maximum Gasteiger partial charge on any atom is 0.183 e. The average Bonchev–Trinajstić information content (AvgIpc) is 2.79. The van der Waals surface area contributed by atoms with Gasteiger partial charge < -0.3 is 10.0 Å². The fourth-order valence-corrected chi connectivity index (χ4v) is 6.01. The first-order valence-electron chi connectivity index (χ1n) is 7.92. The molecule has 4 nitrogen and oxygen atoms in total. The lowest BCUT2D eigenvalue weighted by Gasteiger charge is -2.40. The number of phenols is 1. The molecule has 1 heterocycles. The Morgan fingerprint density at radius 1 is 1.08 bits per heavy atom. The molecule has 6 heteroatoms. The molecule has 1 aliphatic heterocycles. The van der Waals surface area contributed by atoms with E-state index in [0.29, 0.717) is 5.56 Å². The van der Waals surface area contributed by atoms with E-state index in [9.17, 15) is 13.5 Å².